The summed E-state index contributed by atoms with van der Waals surface area (Å²) >= 11 is 0. The molecule has 0 bridgehead atoms. The van der Waals surface area contributed by atoms with Crippen LogP contribution < -0.4 is 0 Å². The van der Waals surface area contributed by atoms with E-state index in [0.29, 0.717) is 0 Å². The number of hydrogen-bond acceptors (Lipinski definition) is 0. The van der Waals surface area contributed by atoms with Crippen LogP contribution in [0.15, 0.2) is 0 Å². The Balaban J connectivity index is 0. The molecule has 0 saturated heterocycles. The first-order valence-corrected chi connectivity index (χ1v) is 0. The fraction of sp³-hybridized carbons (Fsp3) is 0. The van der Waals surface area contributed by atoms with Crippen LogP contribution in [0.25, 0.3) is 0 Å². The SMILES string of the molecule is [As].[BiH3].[Pb].[Sb].[Sn]. The van der Waals surface area contributed by atoms with E-state index in [0.717, 1.165) is 0 Å². The first-order chi connectivity index (χ1) is 0. The summed E-state index contributed by atoms with van der Waals surface area (Å²) in [6.07, 6.45) is 0. The molecule has 0 N–H and O–H groups in total. The first kappa shape index (κ1) is 36.1. The van der Waals surface area contributed by atoms with Crippen molar-refractivity contribution in [3.05, 3.63) is 0 Å². The van der Waals surface area contributed by atoms with Crippen LogP contribution in [0, 0.1) is 0 Å². The molecule has 0 aliphatic rings. The number of rotatable bonds is 0. The maximum Gasteiger partial charge on any atom is 0 e. The predicted octanol–water partition coefficient (Wildman–Crippen LogP) is -2.71. The third kappa shape index (κ3) is 18.0. The topological polar surface area (TPSA) is 0 Å². The van der Waals surface area contributed by atoms with Gasteiger partial charge in [-0.05, 0) is 0 Å². The minimum absolute atomic E-state index is 0. The molecule has 0 unspecified atom stereocenters. The fourth-order valence-corrected chi connectivity index (χ4v) is 0. The summed E-state index contributed by atoms with van der Waals surface area (Å²) in [6, 6.07) is 0. The van der Waals surface area contributed by atoms with Gasteiger partial charge in [0.2, 0.25) is 0 Å². The van der Waals surface area contributed by atoms with Crippen molar-refractivity contribution in [3.63, 3.8) is 0 Å². The molecule has 26 valence electrons. The molecule has 0 amide bonds. The summed E-state index contributed by atoms with van der Waals surface area (Å²) in [7, 11) is 0. The van der Waals surface area contributed by atoms with E-state index in [4.69, 9.17) is 0 Å². The average molecular weight is 735 g/mol. The summed E-state index contributed by atoms with van der Waals surface area (Å²) in [4.78, 5) is 0. The van der Waals surface area contributed by atoms with Crippen molar-refractivity contribution in [2.24, 2.45) is 0 Å². The summed E-state index contributed by atoms with van der Waals surface area (Å²) in [6.45, 7) is 0. The van der Waals surface area contributed by atoms with Crippen LogP contribution in [0.2, 0.25) is 0 Å². The summed E-state index contributed by atoms with van der Waals surface area (Å²) in [5.74, 6) is 0. The van der Waals surface area contributed by atoms with Gasteiger partial charge in [0.25, 0.3) is 0 Å². The van der Waals surface area contributed by atoms with E-state index in [-0.39, 0.29) is 120 Å². The minimum atomic E-state index is 0. The minimum Gasteiger partial charge on any atom is 0 e. The second-order valence-electron chi connectivity index (χ2n) is 0. The van der Waals surface area contributed by atoms with Crippen molar-refractivity contribution in [2.45, 2.75) is 0 Å². The van der Waals surface area contributed by atoms with Crippen molar-refractivity contribution in [3.8, 4) is 0 Å². The molecule has 5 heteroatoms. The van der Waals surface area contributed by atoms with Crippen LogP contribution in [-0.4, -0.2) is 120 Å². The van der Waals surface area contributed by atoms with E-state index in [9.17, 15) is 0 Å². The zero-order chi connectivity index (χ0) is 0. The zero-order valence-corrected chi connectivity index (χ0v) is 19.3. The van der Waals surface area contributed by atoms with E-state index < -0.39 is 0 Å². The van der Waals surface area contributed by atoms with E-state index in [1.807, 2.05) is 0 Å². The molecule has 0 saturated carbocycles. The molecule has 0 spiro atoms. The van der Waals surface area contributed by atoms with Crippen molar-refractivity contribution >= 4 is 120 Å². The fourth-order valence-electron chi connectivity index (χ4n) is 0. The van der Waals surface area contributed by atoms with Gasteiger partial charge in [0, 0.05) is 93.6 Å². The average Bonchev–Trinajstić information content (AvgIpc) is 0. The Morgan fingerprint density at radius 3 is 1.00 bits per heavy atom. The van der Waals surface area contributed by atoms with Crippen LogP contribution in [0.3, 0.4) is 0 Å². The standard InChI is InChI=1S/As.Bi.Pb.Sb.Sn.3H. The van der Waals surface area contributed by atoms with Crippen LogP contribution in [0.1, 0.15) is 0 Å². The smallest absolute Gasteiger partial charge is 0 e. The summed E-state index contributed by atoms with van der Waals surface area (Å²) < 4.78 is 0. The van der Waals surface area contributed by atoms with Crippen LogP contribution >= 0.6 is 0 Å². The van der Waals surface area contributed by atoms with Gasteiger partial charge in [0.15, 0.2) is 0 Å². The van der Waals surface area contributed by atoms with Crippen molar-refractivity contribution in [2.75, 3.05) is 0 Å². The molecular weight excluding hydrogens is 732 g/mol. The molecule has 0 aromatic heterocycles. The van der Waals surface area contributed by atoms with Crippen LogP contribution in [0.5, 0.6) is 0 Å². The molecule has 0 fully saturated rings. The maximum atomic E-state index is 0. The Hall–Kier alpha value is 3.98. The van der Waals surface area contributed by atoms with Gasteiger partial charge in [-0.25, -0.2) is 0 Å². The molecule has 0 heterocycles. The van der Waals surface area contributed by atoms with E-state index in [1.165, 1.54) is 0 Å². The van der Waals surface area contributed by atoms with E-state index in [2.05, 4.69) is 0 Å². The monoisotopic (exact) mass is 736 g/mol. The molecule has 0 aromatic carbocycles. The van der Waals surface area contributed by atoms with Crippen LogP contribution in [0.4, 0.5) is 0 Å². The predicted molar refractivity (Wildman–Crippen MR) is 33.0 cm³/mol. The quantitative estimate of drug-likeness (QED) is 0.238. The Morgan fingerprint density at radius 1 is 1.00 bits per heavy atom. The third-order valence-electron chi connectivity index (χ3n) is 0. The largest absolute Gasteiger partial charge is 0 e. The van der Waals surface area contributed by atoms with Gasteiger partial charge in [0.1, 0.15) is 0 Å². The maximum absolute atomic E-state index is 0. The Morgan fingerprint density at radius 2 is 1.00 bits per heavy atom. The second kappa shape index (κ2) is 24.5. The molecule has 0 atom stereocenters. The van der Waals surface area contributed by atoms with E-state index >= 15 is 0 Å². The normalized spacial score (nSPS) is 0. The van der Waals surface area contributed by atoms with Gasteiger partial charge in [-0.15, -0.1) is 0 Å². The van der Waals surface area contributed by atoms with Crippen molar-refractivity contribution < 1.29 is 0 Å². The van der Waals surface area contributed by atoms with Gasteiger partial charge in [-0.2, -0.15) is 0 Å². The van der Waals surface area contributed by atoms with Crippen LogP contribution in [-0.2, 0) is 0 Å². The molecular formula is H3AsBiPbSbSn. The van der Waals surface area contributed by atoms with Crippen molar-refractivity contribution in [1.82, 2.24) is 0 Å². The molecule has 0 aromatic rings. The molecule has 0 aliphatic heterocycles. The van der Waals surface area contributed by atoms with Gasteiger partial charge in [-0.1, -0.05) is 0 Å². The van der Waals surface area contributed by atoms with Gasteiger partial charge in [-0.3, -0.25) is 0 Å². The van der Waals surface area contributed by atoms with Gasteiger partial charge < -0.3 is 0 Å². The summed E-state index contributed by atoms with van der Waals surface area (Å²) in [5, 5.41) is 0. The molecule has 0 aliphatic carbocycles. The zero-order valence-electron chi connectivity index (χ0n) is 2.60. The van der Waals surface area contributed by atoms with Crippen molar-refractivity contribution in [1.29, 1.82) is 0 Å². The Kier molecular flexibility index (Phi) is 177. The second-order valence-corrected chi connectivity index (χ2v) is 0. The molecule has 0 rings (SSSR count). The summed E-state index contributed by atoms with van der Waals surface area (Å²) in [5.41, 5.74) is 0. The Bertz CT molecular complexity index is 11.6. The Labute approximate surface area is 117 Å². The van der Waals surface area contributed by atoms with Gasteiger partial charge in [0.05, 0.1) is 0 Å². The molecule has 5 heavy (non-hydrogen) atoms. The number of hydrogen-bond donors (Lipinski definition) is 0. The first-order valence-electron chi connectivity index (χ1n) is 0. The third-order valence-corrected chi connectivity index (χ3v) is 0. The molecule has 0 nitrogen and oxygen atoms in total. The van der Waals surface area contributed by atoms with E-state index in [1.54, 1.807) is 0 Å². The van der Waals surface area contributed by atoms with Gasteiger partial charge >= 0.3 is 26.2 Å². The molecule has 14 radical (unpaired) electrons.